The van der Waals surface area contributed by atoms with Crippen LogP contribution >= 0.6 is 0 Å². The van der Waals surface area contributed by atoms with Gasteiger partial charge in [0.1, 0.15) is 0 Å². The van der Waals surface area contributed by atoms with Gasteiger partial charge in [-0.05, 0) is 19.3 Å². The lowest BCUT2D eigenvalue weighted by Crippen LogP contribution is -2.32. The van der Waals surface area contributed by atoms with E-state index in [0.29, 0.717) is 19.3 Å². The highest BCUT2D eigenvalue weighted by Gasteiger charge is 2.30. The van der Waals surface area contributed by atoms with Crippen LogP contribution in [0.5, 0.6) is 0 Å². The maximum atomic E-state index is 12.7. The van der Waals surface area contributed by atoms with Gasteiger partial charge in [-0.25, -0.2) is 0 Å². The Kier molecular flexibility index (Phi) is 44.2. The van der Waals surface area contributed by atoms with E-state index in [9.17, 15) is 19.5 Å². The predicted molar refractivity (Wildman–Crippen MR) is 243 cm³/mol. The Labute approximate surface area is 354 Å². The van der Waals surface area contributed by atoms with E-state index in [1.165, 1.54) is 186 Å². The number of ether oxygens (including phenoxy) is 2. The molecule has 0 bridgehead atoms. The van der Waals surface area contributed by atoms with Gasteiger partial charge in [0, 0.05) is 18.8 Å². The largest absolute Gasteiger partial charge is 0.481 e. The summed E-state index contributed by atoms with van der Waals surface area (Å²) >= 11 is 0. The highest BCUT2D eigenvalue weighted by atomic mass is 16.5. The standard InChI is InChI=1S/C51H98O6/c1-4-7-10-13-16-19-22-25-28-31-34-37-40-43-49(52)56-45-47(48(51(54)55)42-39-36-33-30-27-24-21-18-15-12-9-6-3)46-57-50(53)44-41-38-35-32-29-26-23-20-17-14-11-8-5-2/h47-48H,4-46H2,1-3H3,(H,54,55). The Balaban J connectivity index is 4.55. The maximum Gasteiger partial charge on any atom is 0.307 e. The summed E-state index contributed by atoms with van der Waals surface area (Å²) in [4.78, 5) is 37.9. The molecule has 0 radical (unpaired) electrons. The van der Waals surface area contributed by atoms with Crippen LogP contribution in [0.4, 0.5) is 0 Å². The number of aliphatic carboxylic acids is 1. The minimum atomic E-state index is -0.886. The predicted octanol–water partition coefficient (Wildman–Crippen LogP) is 16.4. The highest BCUT2D eigenvalue weighted by Crippen LogP contribution is 2.24. The lowest BCUT2D eigenvalue weighted by atomic mass is 9.88. The SMILES string of the molecule is CCCCCCCCCCCCCCCC(=O)OCC(COC(=O)CCCCCCCCCCCCCCC)C(CCCCCCCCCCCCCC)C(=O)O. The van der Waals surface area contributed by atoms with Crippen molar-refractivity contribution in [2.45, 2.75) is 284 Å². The van der Waals surface area contributed by atoms with Crippen LogP contribution in [0.2, 0.25) is 0 Å². The van der Waals surface area contributed by atoms with Crippen molar-refractivity contribution in [2.24, 2.45) is 11.8 Å². The molecule has 0 spiro atoms. The van der Waals surface area contributed by atoms with Crippen LogP contribution in [0.3, 0.4) is 0 Å². The van der Waals surface area contributed by atoms with Crippen molar-refractivity contribution >= 4 is 17.9 Å². The fourth-order valence-corrected chi connectivity index (χ4v) is 8.16. The summed E-state index contributed by atoms with van der Waals surface area (Å²) < 4.78 is 11.4. The van der Waals surface area contributed by atoms with Gasteiger partial charge in [-0.1, -0.05) is 252 Å². The smallest absolute Gasteiger partial charge is 0.307 e. The molecule has 0 amide bonds. The van der Waals surface area contributed by atoms with Crippen LogP contribution in [-0.4, -0.2) is 36.2 Å². The van der Waals surface area contributed by atoms with Gasteiger partial charge in [-0.2, -0.15) is 0 Å². The Morgan fingerprint density at radius 3 is 0.825 bits per heavy atom. The van der Waals surface area contributed by atoms with Crippen LogP contribution in [0, 0.1) is 11.8 Å². The first kappa shape index (κ1) is 55.4. The van der Waals surface area contributed by atoms with Crippen LogP contribution in [-0.2, 0) is 23.9 Å². The molecule has 57 heavy (non-hydrogen) atoms. The van der Waals surface area contributed by atoms with Crippen LogP contribution in [0.25, 0.3) is 0 Å². The van der Waals surface area contributed by atoms with E-state index in [4.69, 9.17) is 9.47 Å². The summed E-state index contributed by atoms with van der Waals surface area (Å²) in [7, 11) is 0. The summed E-state index contributed by atoms with van der Waals surface area (Å²) in [5, 5.41) is 10.2. The summed E-state index contributed by atoms with van der Waals surface area (Å²) in [5.74, 6) is -2.64. The van der Waals surface area contributed by atoms with E-state index < -0.39 is 17.8 Å². The second-order valence-electron chi connectivity index (χ2n) is 17.7. The first-order valence-corrected chi connectivity index (χ1v) is 25.5. The van der Waals surface area contributed by atoms with Crippen molar-refractivity contribution in [3.05, 3.63) is 0 Å². The Hall–Kier alpha value is -1.59. The molecule has 6 heteroatoms. The molecule has 0 aliphatic rings. The number of carbonyl (C=O) groups excluding carboxylic acids is 2. The van der Waals surface area contributed by atoms with E-state index in [1.54, 1.807) is 0 Å². The minimum absolute atomic E-state index is 0.00147. The molecule has 0 rings (SSSR count). The molecular formula is C51H98O6. The summed E-state index contributed by atoms with van der Waals surface area (Å²) in [6, 6.07) is 0. The third-order valence-corrected chi connectivity index (χ3v) is 12.1. The molecule has 1 atom stereocenters. The van der Waals surface area contributed by atoms with Crippen molar-refractivity contribution in [1.82, 2.24) is 0 Å². The molecule has 0 aromatic heterocycles. The zero-order chi connectivity index (χ0) is 41.7. The minimum Gasteiger partial charge on any atom is -0.481 e. The van der Waals surface area contributed by atoms with Crippen molar-refractivity contribution in [3.8, 4) is 0 Å². The van der Waals surface area contributed by atoms with Gasteiger partial charge in [0.05, 0.1) is 19.1 Å². The lowest BCUT2D eigenvalue weighted by molar-refractivity contribution is -0.157. The van der Waals surface area contributed by atoms with Crippen LogP contribution < -0.4 is 0 Å². The van der Waals surface area contributed by atoms with Crippen molar-refractivity contribution < 1.29 is 29.0 Å². The van der Waals surface area contributed by atoms with Crippen molar-refractivity contribution in [3.63, 3.8) is 0 Å². The Bertz CT molecular complexity index is 813. The number of esters is 2. The Morgan fingerprint density at radius 2 is 0.579 bits per heavy atom. The zero-order valence-electron chi connectivity index (χ0n) is 38.5. The molecule has 0 saturated carbocycles. The normalized spacial score (nSPS) is 12.0. The summed E-state index contributed by atoms with van der Waals surface area (Å²) in [6.07, 6.45) is 48.5. The van der Waals surface area contributed by atoms with Gasteiger partial charge < -0.3 is 14.6 Å². The topological polar surface area (TPSA) is 89.9 Å². The number of carboxylic acid groups (broad SMARTS) is 1. The summed E-state index contributed by atoms with van der Waals surface area (Å²) in [6.45, 7) is 6.78. The molecule has 0 aliphatic heterocycles. The molecule has 338 valence electrons. The summed E-state index contributed by atoms with van der Waals surface area (Å²) in [5.41, 5.74) is 0. The van der Waals surface area contributed by atoms with Gasteiger partial charge >= 0.3 is 17.9 Å². The second-order valence-corrected chi connectivity index (χ2v) is 17.7. The second kappa shape index (κ2) is 45.5. The molecule has 0 aromatic rings. The molecule has 1 unspecified atom stereocenters. The van der Waals surface area contributed by atoms with E-state index >= 15 is 0 Å². The molecule has 0 saturated heterocycles. The number of unbranched alkanes of at least 4 members (excludes halogenated alkanes) is 35. The van der Waals surface area contributed by atoms with Gasteiger partial charge in [-0.15, -0.1) is 0 Å². The molecule has 1 N–H and O–H groups in total. The number of carboxylic acids is 1. The molecule has 0 aliphatic carbocycles. The van der Waals surface area contributed by atoms with Crippen LogP contribution in [0.15, 0.2) is 0 Å². The van der Waals surface area contributed by atoms with Crippen molar-refractivity contribution in [2.75, 3.05) is 13.2 Å². The maximum absolute atomic E-state index is 12.7. The number of rotatable bonds is 47. The first-order chi connectivity index (χ1) is 28.0. The molecule has 0 fully saturated rings. The van der Waals surface area contributed by atoms with Gasteiger partial charge in [0.15, 0.2) is 0 Å². The highest BCUT2D eigenvalue weighted by molar-refractivity contribution is 5.72. The number of carbonyl (C=O) groups is 3. The molecule has 0 heterocycles. The molecule has 6 nitrogen and oxygen atoms in total. The quantitative estimate of drug-likeness (QED) is 0.0486. The number of hydrogen-bond acceptors (Lipinski definition) is 5. The third-order valence-electron chi connectivity index (χ3n) is 12.1. The van der Waals surface area contributed by atoms with Crippen LogP contribution in [0.1, 0.15) is 284 Å². The number of hydrogen-bond donors (Lipinski definition) is 1. The monoisotopic (exact) mass is 807 g/mol. The lowest BCUT2D eigenvalue weighted by Gasteiger charge is -2.24. The van der Waals surface area contributed by atoms with Crippen molar-refractivity contribution in [1.29, 1.82) is 0 Å². The van der Waals surface area contributed by atoms with Gasteiger partial charge in [0.25, 0.3) is 0 Å². The van der Waals surface area contributed by atoms with E-state index in [1.807, 2.05) is 0 Å². The van der Waals surface area contributed by atoms with E-state index in [-0.39, 0.29) is 25.2 Å². The van der Waals surface area contributed by atoms with Gasteiger partial charge in [0.2, 0.25) is 0 Å². The van der Waals surface area contributed by atoms with E-state index in [2.05, 4.69) is 20.8 Å². The third kappa shape index (κ3) is 41.0. The Morgan fingerprint density at radius 1 is 0.351 bits per heavy atom. The fraction of sp³-hybridized carbons (Fsp3) is 0.941. The average Bonchev–Trinajstić information content (AvgIpc) is 3.20. The van der Waals surface area contributed by atoms with E-state index in [0.717, 1.165) is 57.8 Å². The zero-order valence-corrected chi connectivity index (χ0v) is 38.5. The average molecular weight is 807 g/mol. The first-order valence-electron chi connectivity index (χ1n) is 25.5. The molecular weight excluding hydrogens is 709 g/mol. The van der Waals surface area contributed by atoms with Gasteiger partial charge in [-0.3, -0.25) is 14.4 Å². The molecule has 0 aromatic carbocycles. The fourth-order valence-electron chi connectivity index (χ4n) is 8.16.